The van der Waals surface area contributed by atoms with E-state index < -0.39 is 0 Å². The number of pyridine rings is 2. The van der Waals surface area contributed by atoms with Gasteiger partial charge in [-0.25, -0.2) is 0 Å². The van der Waals surface area contributed by atoms with E-state index in [1.54, 1.807) is 0 Å². The fourth-order valence-corrected chi connectivity index (χ4v) is 9.25. The van der Waals surface area contributed by atoms with Gasteiger partial charge in [-0.3, -0.25) is 9.97 Å². The summed E-state index contributed by atoms with van der Waals surface area (Å²) in [6.07, 6.45) is 14.4. The molecule has 3 N–H and O–H groups in total. The van der Waals surface area contributed by atoms with Crippen molar-refractivity contribution in [1.29, 1.82) is 0 Å². The van der Waals surface area contributed by atoms with E-state index in [4.69, 9.17) is 10.2 Å². The molecule has 0 aliphatic carbocycles. The smallest absolute Gasteiger partial charge is 0.0519 e. The van der Waals surface area contributed by atoms with Crippen LogP contribution < -0.4 is 10.2 Å². The van der Waals surface area contributed by atoms with Crippen LogP contribution in [0.5, 0.6) is 0 Å². The predicted molar refractivity (Wildman–Crippen MR) is 249 cm³/mol. The number of fused-ring (bicyclic) bond motifs is 6. The Morgan fingerprint density at radius 3 is 1.51 bits per heavy atom. The lowest BCUT2D eigenvalue weighted by Crippen LogP contribution is -2.33. The third-order valence-electron chi connectivity index (χ3n) is 12.5. The number of nitrogens with zero attached hydrogens (tertiary/aromatic N) is 5. The first-order valence-corrected chi connectivity index (χ1v) is 21.9. The summed E-state index contributed by atoms with van der Waals surface area (Å²) in [5.74, 6) is 1.47. The van der Waals surface area contributed by atoms with Crippen molar-refractivity contribution in [3.8, 4) is 22.3 Å². The van der Waals surface area contributed by atoms with Gasteiger partial charge < -0.3 is 29.6 Å². The number of aromatic nitrogens is 4. The summed E-state index contributed by atoms with van der Waals surface area (Å²) < 4.78 is 5.58. The number of rotatable bonds is 7. The fourth-order valence-electron chi connectivity index (χ4n) is 8.99. The van der Waals surface area contributed by atoms with Crippen molar-refractivity contribution < 1.29 is 10.2 Å². The summed E-state index contributed by atoms with van der Waals surface area (Å²) >= 11 is 3.48. The molecule has 8 aromatic rings. The molecule has 8 nitrogen and oxygen atoms in total. The van der Waals surface area contributed by atoms with Crippen LogP contribution >= 0.6 is 15.9 Å². The lowest BCUT2D eigenvalue weighted by atomic mass is 9.93. The van der Waals surface area contributed by atoms with E-state index >= 15 is 0 Å². The normalized spacial score (nSPS) is 15.0. The zero-order chi connectivity index (χ0) is 40.7. The van der Waals surface area contributed by atoms with Crippen molar-refractivity contribution in [3.63, 3.8) is 0 Å². The predicted octanol–water partition coefficient (Wildman–Crippen LogP) is 10.5. The van der Waals surface area contributed by atoms with E-state index in [1.165, 1.54) is 97.2 Å². The summed E-state index contributed by atoms with van der Waals surface area (Å²) in [7, 11) is 4.23. The monoisotopic (exact) mass is 850 g/mol. The highest BCUT2D eigenvalue weighted by atomic mass is 79.9. The Balaban J connectivity index is 0.000000140. The van der Waals surface area contributed by atoms with Crippen molar-refractivity contribution in [1.82, 2.24) is 24.4 Å². The molecule has 4 aromatic carbocycles. The van der Waals surface area contributed by atoms with Gasteiger partial charge in [0.15, 0.2) is 0 Å². The van der Waals surface area contributed by atoms with Crippen LogP contribution in [0.1, 0.15) is 38.5 Å². The number of nitrogens with one attached hydrogen (secondary N) is 1. The molecule has 2 saturated heterocycles. The second-order valence-electron chi connectivity index (χ2n) is 16.1. The third kappa shape index (κ3) is 9.09. The molecular weight excluding hydrogens is 796 g/mol. The maximum atomic E-state index is 9.15. The lowest BCUT2D eigenvalue weighted by molar-refractivity contribution is 0.235. The molecule has 304 valence electrons. The van der Waals surface area contributed by atoms with Gasteiger partial charge in [-0.1, -0.05) is 64.5 Å². The molecule has 10 rings (SSSR count). The quantitative estimate of drug-likeness (QED) is 0.148. The Bertz CT molecular complexity index is 2620. The maximum Gasteiger partial charge on any atom is 0.0519 e. The first-order valence-electron chi connectivity index (χ1n) is 21.1. The maximum absolute atomic E-state index is 9.15. The molecule has 0 unspecified atom stereocenters. The SMILES string of the molecule is Cn1c2ccncc2c2ccc(-c3ccc(Br)cc3)cc21.Cn1c2ccncc2c2ccc(-c3ccc(N4CCC(CCO)CC4)cc3)cc21.OCCC1CCNCC1. The van der Waals surface area contributed by atoms with Gasteiger partial charge in [-0.2, -0.15) is 0 Å². The second kappa shape index (κ2) is 18.9. The molecule has 0 radical (unpaired) electrons. The Morgan fingerprint density at radius 2 is 1.02 bits per heavy atom. The number of hydrogen-bond donors (Lipinski definition) is 3. The largest absolute Gasteiger partial charge is 0.396 e. The van der Waals surface area contributed by atoms with Gasteiger partial charge >= 0.3 is 0 Å². The van der Waals surface area contributed by atoms with E-state index in [1.807, 2.05) is 24.8 Å². The topological polar surface area (TPSA) is 91.4 Å². The van der Waals surface area contributed by atoms with Crippen LogP contribution in [0.2, 0.25) is 0 Å². The van der Waals surface area contributed by atoms with Gasteiger partial charge in [-0.15, -0.1) is 0 Å². The molecule has 4 aromatic heterocycles. The summed E-state index contributed by atoms with van der Waals surface area (Å²) in [4.78, 5) is 11.0. The number of aliphatic hydroxyl groups is 2. The fraction of sp³-hybridized carbons (Fsp3) is 0.320. The van der Waals surface area contributed by atoms with Crippen LogP contribution in [-0.4, -0.2) is 68.7 Å². The molecule has 0 spiro atoms. The van der Waals surface area contributed by atoms with Gasteiger partial charge in [0.25, 0.3) is 0 Å². The number of hydrogen-bond acceptors (Lipinski definition) is 6. The number of aryl methyl sites for hydroxylation is 2. The Labute approximate surface area is 355 Å². The van der Waals surface area contributed by atoms with Gasteiger partial charge in [0.05, 0.1) is 11.0 Å². The van der Waals surface area contributed by atoms with Crippen LogP contribution in [0, 0.1) is 11.8 Å². The summed E-state index contributed by atoms with van der Waals surface area (Å²) in [6, 6.07) is 34.9. The molecule has 2 fully saturated rings. The average Bonchev–Trinajstić information content (AvgIpc) is 3.74. The van der Waals surface area contributed by atoms with Crippen LogP contribution in [0.25, 0.3) is 65.9 Å². The molecule has 0 amide bonds. The first-order chi connectivity index (χ1) is 28.9. The minimum Gasteiger partial charge on any atom is -0.396 e. The highest BCUT2D eigenvalue weighted by molar-refractivity contribution is 9.10. The Morgan fingerprint density at radius 1 is 0.559 bits per heavy atom. The molecular formula is C50H55BrN6O2. The van der Waals surface area contributed by atoms with Crippen molar-refractivity contribution in [2.45, 2.75) is 38.5 Å². The zero-order valence-corrected chi connectivity index (χ0v) is 35.8. The molecule has 2 aliphatic heterocycles. The van der Waals surface area contributed by atoms with Crippen molar-refractivity contribution in [3.05, 3.63) is 126 Å². The minimum absolute atomic E-state index is 0.316. The zero-order valence-electron chi connectivity index (χ0n) is 34.2. The Kier molecular flexibility index (Phi) is 13.0. The third-order valence-corrected chi connectivity index (χ3v) is 13.0. The van der Waals surface area contributed by atoms with Gasteiger partial charge in [0, 0.05) is 108 Å². The molecule has 59 heavy (non-hydrogen) atoms. The molecule has 9 heteroatoms. The van der Waals surface area contributed by atoms with Gasteiger partial charge in [0.1, 0.15) is 0 Å². The van der Waals surface area contributed by atoms with Crippen molar-refractivity contribution >= 4 is 65.2 Å². The average molecular weight is 852 g/mol. The van der Waals surface area contributed by atoms with E-state index in [-0.39, 0.29) is 0 Å². The molecule has 0 saturated carbocycles. The van der Waals surface area contributed by atoms with E-state index in [2.05, 4.69) is 156 Å². The van der Waals surface area contributed by atoms with Crippen molar-refractivity contribution in [2.75, 3.05) is 44.3 Å². The van der Waals surface area contributed by atoms with Crippen LogP contribution in [0.3, 0.4) is 0 Å². The first kappa shape index (κ1) is 40.7. The molecule has 2 aliphatic rings. The standard InChI is InChI=1S/C25H27N3O.C18H13BrN2.C7H15NO/c1-27-24-8-12-26-17-23(24)22-7-4-20(16-25(22)27)19-2-5-21(6-3-19)28-13-9-18(10-14-28)11-15-29;1-21-17-8-9-20-11-16(17)15-7-4-13(10-18(15)21)12-2-5-14(19)6-3-12;9-6-3-7-1-4-8-5-2-7/h2-8,12,16-18,29H,9-11,13-15H2,1H3;2-11H,1H3;7-9H,1-6H2. The van der Waals surface area contributed by atoms with E-state index in [9.17, 15) is 0 Å². The van der Waals surface area contributed by atoms with Crippen molar-refractivity contribution in [2.24, 2.45) is 25.9 Å². The number of aliphatic hydroxyl groups excluding tert-OH is 2. The summed E-state index contributed by atoms with van der Waals surface area (Å²) in [5.41, 5.74) is 11.1. The summed E-state index contributed by atoms with van der Waals surface area (Å²) in [5, 5.41) is 25.9. The highest BCUT2D eigenvalue weighted by Crippen LogP contribution is 2.34. The number of benzene rings is 4. The van der Waals surface area contributed by atoms with Gasteiger partial charge in [-0.05, 0) is 134 Å². The molecule has 0 bridgehead atoms. The van der Waals surface area contributed by atoms with Crippen LogP contribution in [0.4, 0.5) is 5.69 Å². The van der Waals surface area contributed by atoms with Crippen LogP contribution in [-0.2, 0) is 14.1 Å². The van der Waals surface area contributed by atoms with E-state index in [0.29, 0.717) is 19.1 Å². The molecule has 6 heterocycles. The molecule has 0 atom stereocenters. The van der Waals surface area contributed by atoms with Gasteiger partial charge in [0.2, 0.25) is 0 Å². The highest BCUT2D eigenvalue weighted by Gasteiger charge is 2.19. The number of piperidine rings is 2. The number of anilines is 1. The summed E-state index contributed by atoms with van der Waals surface area (Å²) in [6.45, 7) is 5.14. The number of halogens is 1. The second-order valence-corrected chi connectivity index (χ2v) is 17.0. The van der Waals surface area contributed by atoms with E-state index in [0.717, 1.165) is 49.4 Å². The minimum atomic E-state index is 0.316. The van der Waals surface area contributed by atoms with Crippen LogP contribution in [0.15, 0.2) is 126 Å². The Hall–Kier alpha value is -5.06. The lowest BCUT2D eigenvalue weighted by Gasteiger charge is -2.33.